The van der Waals surface area contributed by atoms with Crippen LogP contribution in [-0.2, 0) is 17.5 Å². The molecule has 1 aliphatic carbocycles. The molecule has 228 valence electrons. The number of nitrogens with one attached hydrogen (secondary N) is 1. The SMILES string of the molecule is Cc1cc(Cl)c(OCCOc2ccc(C3=C(C(=O)N(Cc4cccc(C(F)(F)F)c4Cl)C4CC4)CNCC3)cc2)cc1C. The first-order valence-corrected chi connectivity index (χ1v) is 15.0. The van der Waals surface area contributed by atoms with Crippen LogP contribution in [0.1, 0.15) is 47.1 Å². The zero-order chi connectivity index (χ0) is 30.7. The zero-order valence-electron chi connectivity index (χ0n) is 24.0. The topological polar surface area (TPSA) is 50.8 Å². The van der Waals surface area contributed by atoms with Crippen molar-refractivity contribution in [2.45, 2.75) is 51.9 Å². The van der Waals surface area contributed by atoms with Gasteiger partial charge >= 0.3 is 6.18 Å². The average Bonchev–Trinajstić information content (AvgIpc) is 3.82. The van der Waals surface area contributed by atoms with Gasteiger partial charge in [0.05, 0.1) is 15.6 Å². The number of hydrogen-bond acceptors (Lipinski definition) is 4. The van der Waals surface area contributed by atoms with Crippen LogP contribution in [-0.4, -0.2) is 43.2 Å². The molecule has 5 rings (SSSR count). The van der Waals surface area contributed by atoms with Gasteiger partial charge in [0, 0.05) is 24.7 Å². The highest BCUT2D eigenvalue weighted by Gasteiger charge is 2.38. The van der Waals surface area contributed by atoms with Gasteiger partial charge in [-0.25, -0.2) is 0 Å². The van der Waals surface area contributed by atoms with E-state index in [1.807, 2.05) is 50.2 Å². The van der Waals surface area contributed by atoms with Crippen molar-refractivity contribution in [2.24, 2.45) is 0 Å². The van der Waals surface area contributed by atoms with E-state index in [0.29, 0.717) is 54.8 Å². The number of halogens is 5. The lowest BCUT2D eigenvalue weighted by Gasteiger charge is -2.29. The molecule has 1 heterocycles. The second kappa shape index (κ2) is 13.2. The Bertz CT molecular complexity index is 1520. The number of alkyl halides is 3. The summed E-state index contributed by atoms with van der Waals surface area (Å²) < 4.78 is 52.0. The molecule has 0 radical (unpaired) electrons. The van der Waals surface area contributed by atoms with Gasteiger partial charge in [-0.1, -0.05) is 47.5 Å². The fourth-order valence-corrected chi connectivity index (χ4v) is 5.73. The maximum atomic E-state index is 13.9. The predicted molar refractivity (Wildman–Crippen MR) is 163 cm³/mol. The standard InChI is InChI=1S/C33H33Cl2F3N2O3/c1-20-16-29(34)30(17-21(20)2)43-15-14-42-25-10-6-22(7-11-25)26-12-13-39-18-27(26)32(41)40(24-8-9-24)19-23-4-3-5-28(31(23)35)33(36,37)38/h3-7,10-11,16-17,24,39H,8-9,12-15,18-19H2,1-2H3. The van der Waals surface area contributed by atoms with E-state index < -0.39 is 11.7 Å². The number of hydrogen-bond donors (Lipinski definition) is 1. The van der Waals surface area contributed by atoms with Crippen LogP contribution < -0.4 is 14.8 Å². The lowest BCUT2D eigenvalue weighted by atomic mass is 9.93. The Morgan fingerprint density at radius 2 is 1.70 bits per heavy atom. The number of benzene rings is 3. The molecule has 0 spiro atoms. The normalized spacial score (nSPS) is 15.4. The van der Waals surface area contributed by atoms with E-state index in [4.69, 9.17) is 32.7 Å². The minimum atomic E-state index is -4.57. The third kappa shape index (κ3) is 7.48. The summed E-state index contributed by atoms with van der Waals surface area (Å²) in [6.45, 7) is 5.76. The van der Waals surface area contributed by atoms with Gasteiger partial charge in [0.1, 0.15) is 24.7 Å². The van der Waals surface area contributed by atoms with E-state index in [1.54, 1.807) is 11.0 Å². The summed E-state index contributed by atoms with van der Waals surface area (Å²) in [5, 5.41) is 3.48. The Hall–Kier alpha value is -3.20. The fraction of sp³-hybridized carbons (Fsp3) is 0.364. The molecule has 0 saturated heterocycles. The summed E-state index contributed by atoms with van der Waals surface area (Å²) in [4.78, 5) is 15.6. The Labute approximate surface area is 259 Å². The van der Waals surface area contributed by atoms with Crippen LogP contribution in [0.25, 0.3) is 5.57 Å². The molecule has 0 unspecified atom stereocenters. The number of carbonyl (C=O) groups is 1. The fourth-order valence-electron chi connectivity index (χ4n) is 5.17. The van der Waals surface area contributed by atoms with Gasteiger partial charge in [-0.2, -0.15) is 13.2 Å². The summed E-state index contributed by atoms with van der Waals surface area (Å²) in [6, 6.07) is 15.2. The third-order valence-electron chi connectivity index (χ3n) is 7.81. The summed E-state index contributed by atoms with van der Waals surface area (Å²) in [7, 11) is 0. The van der Waals surface area contributed by atoms with Gasteiger partial charge in [0.2, 0.25) is 0 Å². The molecule has 0 aromatic heterocycles. The minimum absolute atomic E-state index is 0.0191. The van der Waals surface area contributed by atoms with Crippen LogP contribution >= 0.6 is 23.2 Å². The molecule has 43 heavy (non-hydrogen) atoms. The van der Waals surface area contributed by atoms with Gasteiger partial charge in [0.15, 0.2) is 0 Å². The lowest BCUT2D eigenvalue weighted by molar-refractivity contribution is -0.137. The molecular formula is C33H33Cl2F3N2O3. The highest BCUT2D eigenvalue weighted by atomic mass is 35.5. The van der Waals surface area contributed by atoms with Crippen LogP contribution in [0.15, 0.2) is 60.2 Å². The summed E-state index contributed by atoms with van der Waals surface area (Å²) in [5.74, 6) is 1.11. The Morgan fingerprint density at radius 1 is 1.00 bits per heavy atom. The highest BCUT2D eigenvalue weighted by Crippen LogP contribution is 2.39. The average molecular weight is 634 g/mol. The van der Waals surface area contributed by atoms with Crippen molar-refractivity contribution in [3.05, 3.63) is 98.0 Å². The molecule has 3 aromatic rings. The Balaban J connectivity index is 1.28. The molecule has 2 aliphatic rings. The zero-order valence-corrected chi connectivity index (χ0v) is 25.5. The van der Waals surface area contributed by atoms with Crippen molar-refractivity contribution in [3.8, 4) is 11.5 Å². The molecule has 1 N–H and O–H groups in total. The van der Waals surface area contributed by atoms with E-state index in [2.05, 4.69) is 5.32 Å². The van der Waals surface area contributed by atoms with Gasteiger partial charge < -0.3 is 19.7 Å². The number of amides is 1. The Morgan fingerprint density at radius 3 is 2.40 bits per heavy atom. The first-order valence-electron chi connectivity index (χ1n) is 14.2. The van der Waals surface area contributed by atoms with E-state index in [9.17, 15) is 18.0 Å². The van der Waals surface area contributed by atoms with Crippen LogP contribution in [0.3, 0.4) is 0 Å². The van der Waals surface area contributed by atoms with Crippen molar-refractivity contribution < 1.29 is 27.4 Å². The molecular weight excluding hydrogens is 600 g/mol. The van der Waals surface area contributed by atoms with Crippen molar-refractivity contribution in [1.82, 2.24) is 10.2 Å². The molecule has 1 fully saturated rings. The van der Waals surface area contributed by atoms with E-state index >= 15 is 0 Å². The molecule has 5 nitrogen and oxygen atoms in total. The lowest BCUT2D eigenvalue weighted by Crippen LogP contribution is -2.39. The van der Waals surface area contributed by atoms with Crippen molar-refractivity contribution in [1.29, 1.82) is 0 Å². The van der Waals surface area contributed by atoms with Gasteiger partial charge in [-0.05, 0) is 97.8 Å². The number of aryl methyl sites for hydroxylation is 2. The maximum Gasteiger partial charge on any atom is 0.417 e. The van der Waals surface area contributed by atoms with Crippen molar-refractivity contribution in [3.63, 3.8) is 0 Å². The summed E-state index contributed by atoms with van der Waals surface area (Å²) in [5.41, 5.74) is 4.04. The van der Waals surface area contributed by atoms with Gasteiger partial charge in [-0.15, -0.1) is 0 Å². The second-order valence-electron chi connectivity index (χ2n) is 10.9. The second-order valence-corrected chi connectivity index (χ2v) is 11.7. The third-order valence-corrected chi connectivity index (χ3v) is 8.55. The Kier molecular flexibility index (Phi) is 9.59. The first kappa shape index (κ1) is 31.2. The first-order chi connectivity index (χ1) is 20.5. The molecule has 1 amide bonds. The van der Waals surface area contributed by atoms with Crippen LogP contribution in [0.5, 0.6) is 11.5 Å². The summed E-state index contributed by atoms with van der Waals surface area (Å²) in [6.07, 6.45) is -2.30. The minimum Gasteiger partial charge on any atom is -0.490 e. The molecule has 3 aromatic carbocycles. The van der Waals surface area contributed by atoms with Gasteiger partial charge in [0.25, 0.3) is 5.91 Å². The van der Waals surface area contributed by atoms with Crippen molar-refractivity contribution in [2.75, 3.05) is 26.3 Å². The predicted octanol–water partition coefficient (Wildman–Crippen LogP) is 8.02. The monoisotopic (exact) mass is 632 g/mol. The van der Waals surface area contributed by atoms with Crippen LogP contribution in [0, 0.1) is 13.8 Å². The van der Waals surface area contributed by atoms with Crippen molar-refractivity contribution >= 4 is 34.7 Å². The quantitative estimate of drug-likeness (QED) is 0.230. The van der Waals surface area contributed by atoms with E-state index in [1.165, 1.54) is 6.07 Å². The molecule has 0 atom stereocenters. The number of rotatable bonds is 10. The van der Waals surface area contributed by atoms with Gasteiger partial charge in [-0.3, -0.25) is 4.79 Å². The van der Waals surface area contributed by atoms with Crippen LogP contribution in [0.2, 0.25) is 10.0 Å². The van der Waals surface area contributed by atoms with E-state index in [-0.39, 0.29) is 29.1 Å². The smallest absolute Gasteiger partial charge is 0.417 e. The summed E-state index contributed by atoms with van der Waals surface area (Å²) >= 11 is 12.5. The number of carbonyl (C=O) groups excluding carboxylic acids is 1. The number of ether oxygens (including phenoxy) is 2. The highest BCUT2D eigenvalue weighted by molar-refractivity contribution is 6.32. The maximum absolute atomic E-state index is 13.9. The molecule has 1 aliphatic heterocycles. The number of nitrogens with zero attached hydrogens (tertiary/aromatic N) is 1. The largest absolute Gasteiger partial charge is 0.490 e. The van der Waals surface area contributed by atoms with Crippen LogP contribution in [0.4, 0.5) is 13.2 Å². The molecule has 10 heteroatoms. The molecule has 1 saturated carbocycles. The molecule has 0 bridgehead atoms. The van der Waals surface area contributed by atoms with E-state index in [0.717, 1.165) is 41.2 Å².